The third-order valence-corrected chi connectivity index (χ3v) is 5.18. The van der Waals surface area contributed by atoms with E-state index >= 15 is 0 Å². The van der Waals surface area contributed by atoms with E-state index in [0.717, 1.165) is 57.3 Å². The van der Waals surface area contributed by atoms with Gasteiger partial charge in [0.2, 0.25) is 11.3 Å². The second-order valence-electron chi connectivity index (χ2n) is 6.49. The predicted octanol–water partition coefficient (Wildman–Crippen LogP) is 0.770. The van der Waals surface area contributed by atoms with Crippen molar-refractivity contribution in [3.8, 4) is 0 Å². The summed E-state index contributed by atoms with van der Waals surface area (Å²) in [6.45, 7) is 11.6. The molecule has 4 heterocycles. The zero-order chi connectivity index (χ0) is 17.2. The van der Waals surface area contributed by atoms with Crippen LogP contribution in [0.25, 0.3) is 11.3 Å². The van der Waals surface area contributed by atoms with Crippen LogP contribution >= 0.6 is 0 Å². The first kappa shape index (κ1) is 16.5. The van der Waals surface area contributed by atoms with Gasteiger partial charge in [-0.1, -0.05) is 13.8 Å². The molecule has 2 saturated heterocycles. The smallest absolute Gasteiger partial charge is 0.245 e. The van der Waals surface area contributed by atoms with Crippen LogP contribution in [0.5, 0.6) is 0 Å². The first-order valence-corrected chi connectivity index (χ1v) is 9.12. The Morgan fingerprint density at radius 3 is 2.24 bits per heavy atom. The highest BCUT2D eigenvalue weighted by molar-refractivity contribution is 5.75. The molecule has 0 bridgehead atoms. The number of nitrogens with zero attached hydrogens (tertiary/aromatic N) is 7. The molecule has 2 aliphatic rings. The Morgan fingerprint density at radius 2 is 1.60 bits per heavy atom. The number of hydrogen-bond acceptors (Lipinski definition) is 9. The van der Waals surface area contributed by atoms with Crippen molar-refractivity contribution in [3.05, 3.63) is 0 Å². The van der Waals surface area contributed by atoms with Crippen LogP contribution in [0.1, 0.15) is 20.3 Å². The monoisotopic (exact) mass is 347 g/mol. The molecule has 136 valence electrons. The molecule has 0 amide bonds. The molecule has 4 rings (SSSR count). The van der Waals surface area contributed by atoms with Gasteiger partial charge in [0.25, 0.3) is 0 Å². The molecule has 0 aromatic carbocycles. The van der Waals surface area contributed by atoms with E-state index in [1.807, 2.05) is 0 Å². The lowest BCUT2D eigenvalue weighted by Gasteiger charge is -2.31. The Balaban J connectivity index is 1.65. The number of rotatable bonds is 5. The maximum absolute atomic E-state index is 5.48. The van der Waals surface area contributed by atoms with E-state index in [2.05, 4.69) is 38.9 Å². The molecule has 1 atom stereocenters. The van der Waals surface area contributed by atoms with E-state index in [1.165, 1.54) is 0 Å². The summed E-state index contributed by atoms with van der Waals surface area (Å²) in [6.07, 6.45) is 1.14. The number of ether oxygens (including phenoxy) is 1. The van der Waals surface area contributed by atoms with E-state index < -0.39 is 0 Å². The molecule has 0 saturated carbocycles. The molecule has 0 N–H and O–H groups in total. The third kappa shape index (κ3) is 3.13. The van der Waals surface area contributed by atoms with Gasteiger partial charge < -0.3 is 14.5 Å². The van der Waals surface area contributed by atoms with Crippen LogP contribution in [0.15, 0.2) is 4.63 Å². The topological polar surface area (TPSA) is 83.7 Å². The van der Waals surface area contributed by atoms with Gasteiger partial charge in [0.1, 0.15) is 0 Å². The molecule has 25 heavy (non-hydrogen) atoms. The quantitative estimate of drug-likeness (QED) is 0.778. The van der Waals surface area contributed by atoms with Crippen LogP contribution in [-0.4, -0.2) is 83.7 Å². The molecule has 0 radical (unpaired) electrons. The molecule has 0 unspecified atom stereocenters. The lowest BCUT2D eigenvalue weighted by atomic mass is 10.2. The zero-order valence-electron chi connectivity index (χ0n) is 14.9. The highest BCUT2D eigenvalue weighted by Gasteiger charge is 2.31. The minimum absolute atomic E-state index is 0.463. The van der Waals surface area contributed by atoms with Crippen molar-refractivity contribution in [1.29, 1.82) is 0 Å². The number of morpholine rings is 1. The van der Waals surface area contributed by atoms with E-state index in [4.69, 9.17) is 19.3 Å². The fourth-order valence-electron chi connectivity index (χ4n) is 3.79. The molecule has 0 spiro atoms. The minimum atomic E-state index is 0.463. The van der Waals surface area contributed by atoms with E-state index in [1.54, 1.807) is 0 Å². The predicted molar refractivity (Wildman–Crippen MR) is 94.0 cm³/mol. The Morgan fingerprint density at radius 1 is 0.960 bits per heavy atom. The van der Waals surface area contributed by atoms with Gasteiger partial charge in [-0.15, -0.1) is 0 Å². The van der Waals surface area contributed by atoms with Crippen molar-refractivity contribution >= 4 is 22.9 Å². The largest absolute Gasteiger partial charge is 0.378 e. The van der Waals surface area contributed by atoms with Gasteiger partial charge in [-0.3, -0.25) is 4.90 Å². The molecule has 2 fully saturated rings. The highest BCUT2D eigenvalue weighted by Crippen LogP contribution is 2.31. The van der Waals surface area contributed by atoms with Gasteiger partial charge in [0.15, 0.2) is 11.6 Å². The summed E-state index contributed by atoms with van der Waals surface area (Å²) in [4.78, 5) is 16.5. The molecule has 2 aliphatic heterocycles. The van der Waals surface area contributed by atoms with Crippen molar-refractivity contribution in [2.75, 3.05) is 62.3 Å². The van der Waals surface area contributed by atoms with Gasteiger partial charge in [-0.05, 0) is 29.8 Å². The first-order chi connectivity index (χ1) is 12.3. The van der Waals surface area contributed by atoms with Gasteiger partial charge in [-0.2, -0.15) is 0 Å². The number of likely N-dealkylation sites (N-methyl/N-ethyl adjacent to an activating group) is 1. The summed E-state index contributed by atoms with van der Waals surface area (Å²) in [5, 5.41) is 7.75. The summed E-state index contributed by atoms with van der Waals surface area (Å²) in [5.74, 6) is 1.76. The number of fused-ring (bicyclic) bond motifs is 1. The van der Waals surface area contributed by atoms with E-state index in [9.17, 15) is 0 Å². The fraction of sp³-hybridized carbons (Fsp3) is 0.750. The SMILES string of the molecule is CCN(CC)[C@@H]1CCN(c2nc3nonc3nc2N2CCOCC2)C1. The molecular weight excluding hydrogens is 322 g/mol. The number of aromatic nitrogens is 4. The van der Waals surface area contributed by atoms with E-state index in [0.29, 0.717) is 30.5 Å². The second kappa shape index (κ2) is 7.09. The van der Waals surface area contributed by atoms with Gasteiger partial charge in [0, 0.05) is 32.2 Å². The third-order valence-electron chi connectivity index (χ3n) is 5.18. The normalized spacial score (nSPS) is 21.6. The fourth-order valence-corrected chi connectivity index (χ4v) is 3.79. The maximum atomic E-state index is 5.48. The molecular formula is C16H25N7O2. The average molecular weight is 347 g/mol. The van der Waals surface area contributed by atoms with Crippen LogP contribution in [0.2, 0.25) is 0 Å². The lowest BCUT2D eigenvalue weighted by Crippen LogP contribution is -2.39. The molecule has 0 aliphatic carbocycles. The highest BCUT2D eigenvalue weighted by atomic mass is 16.6. The molecule has 9 heteroatoms. The summed E-state index contributed by atoms with van der Waals surface area (Å²) >= 11 is 0. The van der Waals surface area contributed by atoms with Gasteiger partial charge in [-0.25, -0.2) is 14.6 Å². The van der Waals surface area contributed by atoms with E-state index in [-0.39, 0.29) is 0 Å². The molecule has 2 aromatic rings. The Hall–Kier alpha value is -2.00. The lowest BCUT2D eigenvalue weighted by molar-refractivity contribution is 0.122. The Kier molecular flexibility index (Phi) is 4.67. The summed E-state index contributed by atoms with van der Waals surface area (Å²) in [5.41, 5.74) is 0.933. The zero-order valence-corrected chi connectivity index (χ0v) is 14.9. The van der Waals surface area contributed by atoms with Crippen LogP contribution in [0.3, 0.4) is 0 Å². The Labute approximate surface area is 146 Å². The van der Waals surface area contributed by atoms with Gasteiger partial charge in [0.05, 0.1) is 13.2 Å². The van der Waals surface area contributed by atoms with Crippen LogP contribution in [0, 0.1) is 0 Å². The van der Waals surface area contributed by atoms with Crippen molar-refractivity contribution in [3.63, 3.8) is 0 Å². The van der Waals surface area contributed by atoms with Crippen molar-refractivity contribution in [2.45, 2.75) is 26.3 Å². The number of hydrogen-bond donors (Lipinski definition) is 0. The number of anilines is 2. The Bertz CT molecular complexity index is 712. The summed E-state index contributed by atoms with van der Waals surface area (Å²) in [6, 6.07) is 0.556. The molecule has 9 nitrogen and oxygen atoms in total. The minimum Gasteiger partial charge on any atom is -0.378 e. The van der Waals surface area contributed by atoms with Crippen LogP contribution < -0.4 is 9.80 Å². The molecule has 2 aromatic heterocycles. The second-order valence-corrected chi connectivity index (χ2v) is 6.49. The standard InChI is InChI=1S/C16H25N7O2/c1-3-21(4-2)12-5-6-23(11-12)16-15(22-7-9-24-10-8-22)17-13-14(18-16)20-25-19-13/h12H,3-11H2,1-2H3/t12-/m1/s1. The van der Waals surface area contributed by atoms with Crippen LogP contribution in [-0.2, 0) is 4.74 Å². The van der Waals surface area contributed by atoms with Crippen molar-refractivity contribution in [1.82, 2.24) is 25.2 Å². The van der Waals surface area contributed by atoms with Crippen molar-refractivity contribution in [2.24, 2.45) is 0 Å². The first-order valence-electron chi connectivity index (χ1n) is 9.12. The summed E-state index contributed by atoms with van der Waals surface area (Å²) in [7, 11) is 0. The van der Waals surface area contributed by atoms with Gasteiger partial charge >= 0.3 is 0 Å². The van der Waals surface area contributed by atoms with Crippen LogP contribution in [0.4, 0.5) is 11.6 Å². The average Bonchev–Trinajstić information content (AvgIpc) is 3.31. The maximum Gasteiger partial charge on any atom is 0.245 e. The van der Waals surface area contributed by atoms with Crippen molar-refractivity contribution < 1.29 is 9.37 Å². The summed E-state index contributed by atoms with van der Waals surface area (Å²) < 4.78 is 10.3.